The van der Waals surface area contributed by atoms with Crippen molar-refractivity contribution in [3.63, 3.8) is 0 Å². The molecule has 0 heterocycles. The van der Waals surface area contributed by atoms with E-state index in [1.165, 1.54) is 0 Å². The first-order valence-corrected chi connectivity index (χ1v) is 5.37. The van der Waals surface area contributed by atoms with Crippen LogP contribution in [0.1, 0.15) is 17.9 Å². The molecule has 5 nitrogen and oxygen atoms in total. The first-order chi connectivity index (χ1) is 8.08. The molecule has 0 aromatic heterocycles. The van der Waals surface area contributed by atoms with Gasteiger partial charge in [-0.3, -0.25) is 9.59 Å². The van der Waals surface area contributed by atoms with Crippen LogP contribution in [0.2, 0.25) is 5.02 Å². The van der Waals surface area contributed by atoms with Crippen LogP contribution in [0.15, 0.2) is 18.2 Å². The number of amides is 1. The summed E-state index contributed by atoms with van der Waals surface area (Å²) >= 11 is 5.80. The van der Waals surface area contributed by atoms with Crippen molar-refractivity contribution in [3.05, 3.63) is 28.8 Å². The van der Waals surface area contributed by atoms with Gasteiger partial charge in [0.05, 0.1) is 6.42 Å². The highest BCUT2D eigenvalue weighted by Gasteiger charge is 2.17. The molecule has 0 bridgehead atoms. The van der Waals surface area contributed by atoms with Crippen LogP contribution in [-0.4, -0.2) is 24.0 Å². The molecule has 0 radical (unpaired) electrons. The number of carboxylic acid groups (broad SMARTS) is 1. The molecule has 0 aliphatic carbocycles. The number of aliphatic carboxylic acids is 1. The third-order valence-electron chi connectivity index (χ3n) is 2.38. The Morgan fingerprint density at radius 1 is 1.59 bits per heavy atom. The highest BCUT2D eigenvalue weighted by molar-refractivity contribution is 6.30. The summed E-state index contributed by atoms with van der Waals surface area (Å²) in [5.41, 5.74) is 6.71. The Bertz CT molecular complexity index is 423. The smallest absolute Gasteiger partial charge is 0.304 e. The molecule has 17 heavy (non-hydrogen) atoms. The molecule has 0 spiro atoms. The predicted molar refractivity (Wildman–Crippen MR) is 65.2 cm³/mol. The zero-order valence-corrected chi connectivity index (χ0v) is 9.78. The van der Waals surface area contributed by atoms with Gasteiger partial charge in [-0.05, 0) is 24.2 Å². The summed E-state index contributed by atoms with van der Waals surface area (Å²) in [7, 11) is 0. The van der Waals surface area contributed by atoms with Crippen LogP contribution in [0.5, 0.6) is 0 Å². The van der Waals surface area contributed by atoms with E-state index in [0.29, 0.717) is 22.7 Å². The zero-order valence-electron chi connectivity index (χ0n) is 9.02. The molecule has 1 aromatic carbocycles. The van der Waals surface area contributed by atoms with Gasteiger partial charge < -0.3 is 16.2 Å². The minimum atomic E-state index is -0.938. The van der Waals surface area contributed by atoms with E-state index in [9.17, 15) is 9.59 Å². The maximum Gasteiger partial charge on any atom is 0.304 e. The Morgan fingerprint density at radius 2 is 2.29 bits per heavy atom. The summed E-state index contributed by atoms with van der Waals surface area (Å²) in [5, 5.41) is 11.7. The van der Waals surface area contributed by atoms with E-state index in [1.54, 1.807) is 18.2 Å². The molecular weight excluding hydrogens is 244 g/mol. The Morgan fingerprint density at radius 3 is 2.82 bits per heavy atom. The summed E-state index contributed by atoms with van der Waals surface area (Å²) in [4.78, 5) is 21.2. The summed E-state index contributed by atoms with van der Waals surface area (Å²) in [5.74, 6) is -1.29. The van der Waals surface area contributed by atoms with Gasteiger partial charge in [0.15, 0.2) is 0 Å². The van der Waals surface area contributed by atoms with Gasteiger partial charge in [0.2, 0.25) is 6.41 Å². The van der Waals surface area contributed by atoms with Crippen molar-refractivity contribution in [2.75, 3.05) is 11.9 Å². The molecule has 0 aliphatic heterocycles. The van der Waals surface area contributed by atoms with Crippen LogP contribution in [-0.2, 0) is 9.59 Å². The van der Waals surface area contributed by atoms with Crippen molar-refractivity contribution in [3.8, 4) is 0 Å². The number of nitrogens with one attached hydrogen (secondary N) is 1. The number of hydrogen-bond donors (Lipinski definition) is 3. The number of hydrogen-bond acceptors (Lipinski definition) is 3. The molecular formula is C11H13ClN2O3. The molecule has 1 aromatic rings. The fourth-order valence-electron chi connectivity index (χ4n) is 1.60. The third kappa shape index (κ3) is 3.72. The first-order valence-electron chi connectivity index (χ1n) is 5.00. The Hall–Kier alpha value is -1.59. The standard InChI is InChI=1S/C11H13ClN2O3/c12-8-1-2-9(10(4-8)14-6-15)7(5-13)3-11(16)17/h1-2,4,6-7H,3,5,13H2,(H,14,15)(H,16,17)/t7-/m0/s1. The van der Waals surface area contributed by atoms with Crippen molar-refractivity contribution in [2.45, 2.75) is 12.3 Å². The van der Waals surface area contributed by atoms with Crippen LogP contribution in [0, 0.1) is 0 Å². The molecule has 0 unspecified atom stereocenters. The highest BCUT2D eigenvalue weighted by atomic mass is 35.5. The van der Waals surface area contributed by atoms with E-state index < -0.39 is 5.97 Å². The average molecular weight is 257 g/mol. The lowest BCUT2D eigenvalue weighted by atomic mass is 9.94. The summed E-state index contributed by atoms with van der Waals surface area (Å²) in [6, 6.07) is 4.88. The maximum absolute atomic E-state index is 10.7. The highest BCUT2D eigenvalue weighted by Crippen LogP contribution is 2.29. The Balaban J connectivity index is 3.08. The molecule has 0 fully saturated rings. The number of benzene rings is 1. The fraction of sp³-hybridized carbons (Fsp3) is 0.273. The van der Waals surface area contributed by atoms with Gasteiger partial charge in [0, 0.05) is 16.6 Å². The number of halogens is 1. The Labute approximate surface area is 104 Å². The summed E-state index contributed by atoms with van der Waals surface area (Å²) < 4.78 is 0. The molecule has 0 saturated carbocycles. The molecule has 0 saturated heterocycles. The second-order valence-electron chi connectivity index (χ2n) is 3.52. The average Bonchev–Trinajstić information content (AvgIpc) is 2.27. The van der Waals surface area contributed by atoms with Crippen LogP contribution in [0.3, 0.4) is 0 Å². The molecule has 4 N–H and O–H groups in total. The maximum atomic E-state index is 10.7. The van der Waals surface area contributed by atoms with E-state index in [4.69, 9.17) is 22.4 Å². The minimum Gasteiger partial charge on any atom is -0.481 e. The van der Waals surface area contributed by atoms with Crippen LogP contribution < -0.4 is 11.1 Å². The molecule has 6 heteroatoms. The molecule has 1 rings (SSSR count). The lowest BCUT2D eigenvalue weighted by Gasteiger charge is -2.16. The van der Waals surface area contributed by atoms with Gasteiger partial charge in [0.1, 0.15) is 0 Å². The Kier molecular flexibility index (Phi) is 4.93. The van der Waals surface area contributed by atoms with Gasteiger partial charge >= 0.3 is 5.97 Å². The number of nitrogens with two attached hydrogens (primary N) is 1. The third-order valence-corrected chi connectivity index (χ3v) is 2.61. The van der Waals surface area contributed by atoms with E-state index in [-0.39, 0.29) is 18.9 Å². The normalized spacial score (nSPS) is 11.9. The lowest BCUT2D eigenvalue weighted by molar-refractivity contribution is -0.137. The second-order valence-corrected chi connectivity index (χ2v) is 3.96. The number of rotatable bonds is 6. The molecule has 1 amide bonds. The molecule has 1 atom stereocenters. The SMILES string of the molecule is NC[C@H](CC(=O)O)c1ccc(Cl)cc1NC=O. The van der Waals surface area contributed by atoms with E-state index in [1.807, 2.05) is 0 Å². The summed E-state index contributed by atoms with van der Waals surface area (Å²) in [6.07, 6.45) is 0.426. The van der Waals surface area contributed by atoms with E-state index >= 15 is 0 Å². The summed E-state index contributed by atoms with van der Waals surface area (Å²) in [6.45, 7) is 0.182. The van der Waals surface area contributed by atoms with Crippen LogP contribution in [0.4, 0.5) is 5.69 Å². The first kappa shape index (κ1) is 13.5. The predicted octanol–water partition coefficient (Wildman–Crippen LogP) is 1.43. The molecule has 0 aliphatic rings. The van der Waals surface area contributed by atoms with E-state index in [0.717, 1.165) is 0 Å². The van der Waals surface area contributed by atoms with Gasteiger partial charge in [0.25, 0.3) is 0 Å². The molecule has 92 valence electrons. The van der Waals surface area contributed by atoms with Crippen molar-refractivity contribution in [2.24, 2.45) is 5.73 Å². The van der Waals surface area contributed by atoms with Crippen molar-refractivity contribution in [1.29, 1.82) is 0 Å². The van der Waals surface area contributed by atoms with E-state index in [2.05, 4.69) is 5.32 Å². The fourth-order valence-corrected chi connectivity index (χ4v) is 1.78. The lowest BCUT2D eigenvalue weighted by Crippen LogP contribution is -2.17. The van der Waals surface area contributed by atoms with Gasteiger partial charge in [-0.1, -0.05) is 17.7 Å². The quantitative estimate of drug-likeness (QED) is 0.671. The topological polar surface area (TPSA) is 92.4 Å². The zero-order chi connectivity index (χ0) is 12.8. The minimum absolute atomic E-state index is 0.0916. The van der Waals surface area contributed by atoms with Crippen LogP contribution in [0.25, 0.3) is 0 Å². The monoisotopic (exact) mass is 256 g/mol. The van der Waals surface area contributed by atoms with Gasteiger partial charge in [-0.15, -0.1) is 0 Å². The largest absolute Gasteiger partial charge is 0.481 e. The van der Waals surface area contributed by atoms with Gasteiger partial charge in [-0.2, -0.15) is 0 Å². The number of carbonyl (C=O) groups is 2. The number of carboxylic acids is 1. The van der Waals surface area contributed by atoms with Crippen molar-refractivity contribution < 1.29 is 14.7 Å². The van der Waals surface area contributed by atoms with Crippen molar-refractivity contribution in [1.82, 2.24) is 0 Å². The number of carbonyl (C=O) groups excluding carboxylic acids is 1. The van der Waals surface area contributed by atoms with Gasteiger partial charge in [-0.25, -0.2) is 0 Å². The van der Waals surface area contributed by atoms with Crippen molar-refractivity contribution >= 4 is 29.7 Å². The second kappa shape index (κ2) is 6.22. The number of anilines is 1. The van der Waals surface area contributed by atoms with Crippen LogP contribution >= 0.6 is 11.6 Å².